The maximum atomic E-state index is 12.2. The molecule has 2 fully saturated rings. The predicted molar refractivity (Wildman–Crippen MR) is 168 cm³/mol. The van der Waals surface area contributed by atoms with Crippen molar-refractivity contribution in [2.45, 2.75) is 111 Å². The molecule has 1 spiro atoms. The molecule has 0 amide bonds. The van der Waals surface area contributed by atoms with Crippen molar-refractivity contribution in [3.8, 4) is 5.75 Å². The van der Waals surface area contributed by atoms with Gasteiger partial charge < -0.3 is 29.5 Å². The van der Waals surface area contributed by atoms with Crippen LogP contribution in [0.25, 0.3) is 5.57 Å². The fraction of sp³-hybridized carbons (Fsp3) is 0.583. The number of aliphatic hydroxyl groups is 2. The maximum absolute atomic E-state index is 12.2. The number of aromatic hydroxyl groups is 1. The highest BCUT2D eigenvalue weighted by Gasteiger charge is 2.50. The molecular weight excluding hydrogens is 544 g/mol. The summed E-state index contributed by atoms with van der Waals surface area (Å²) in [7, 11) is 0. The molecular formula is C36H50O7. The van der Waals surface area contributed by atoms with E-state index in [-0.39, 0.29) is 42.4 Å². The molecule has 7 nitrogen and oxygen atoms in total. The summed E-state index contributed by atoms with van der Waals surface area (Å²) >= 11 is 0. The number of ether oxygens (including phenoxy) is 3. The quantitative estimate of drug-likeness (QED) is 0.225. The summed E-state index contributed by atoms with van der Waals surface area (Å²) in [6.07, 6.45) is 11.6. The number of hydrogen-bond donors (Lipinski definition) is 3. The van der Waals surface area contributed by atoms with Crippen molar-refractivity contribution >= 4 is 11.5 Å². The molecule has 7 heteroatoms. The lowest BCUT2D eigenvalue weighted by Gasteiger charge is -2.51. The number of esters is 1. The summed E-state index contributed by atoms with van der Waals surface area (Å²) < 4.78 is 18.4. The Morgan fingerprint density at radius 2 is 1.86 bits per heavy atom. The van der Waals surface area contributed by atoms with E-state index in [2.05, 4.69) is 52.8 Å². The first-order valence-corrected chi connectivity index (χ1v) is 15.7. The molecule has 3 N–H and O–H groups in total. The van der Waals surface area contributed by atoms with Gasteiger partial charge in [0.2, 0.25) is 0 Å². The third-order valence-corrected chi connectivity index (χ3v) is 8.83. The normalized spacial score (nSPS) is 32.0. The van der Waals surface area contributed by atoms with Gasteiger partial charge in [0, 0.05) is 25.2 Å². The number of allylic oxidation sites excluding steroid dienone is 5. The SMILES string of the molecule is C/C(=C\C[C@@H]1C[C@H](O)C[C@]2(C[C@H](O)[C@H](C)[C@@H](/C(C)=C/C(C)C)O2)O1)C[C@@H](C)/C=C/C=C1/COC(=O)c2cc(C)c(O)cc21. The zero-order valence-electron chi connectivity index (χ0n) is 26.8. The summed E-state index contributed by atoms with van der Waals surface area (Å²) in [6, 6.07) is 3.31. The van der Waals surface area contributed by atoms with Crippen molar-refractivity contribution in [3.63, 3.8) is 0 Å². The molecule has 7 atom stereocenters. The fourth-order valence-electron chi connectivity index (χ4n) is 6.64. The van der Waals surface area contributed by atoms with Crippen LogP contribution in [-0.2, 0) is 14.2 Å². The summed E-state index contributed by atoms with van der Waals surface area (Å²) in [4.78, 5) is 12.2. The van der Waals surface area contributed by atoms with E-state index in [0.717, 1.165) is 17.6 Å². The first-order chi connectivity index (χ1) is 20.3. The Hall–Kier alpha value is -2.71. The van der Waals surface area contributed by atoms with Crippen LogP contribution in [0, 0.1) is 24.7 Å². The molecule has 2 saturated heterocycles. The average Bonchev–Trinajstić information content (AvgIpc) is 2.91. The van der Waals surface area contributed by atoms with Crippen molar-refractivity contribution in [2.24, 2.45) is 17.8 Å². The topological polar surface area (TPSA) is 105 Å². The zero-order chi connectivity index (χ0) is 31.5. The second-order valence-corrected chi connectivity index (χ2v) is 13.4. The van der Waals surface area contributed by atoms with Crippen LogP contribution in [0.4, 0.5) is 0 Å². The van der Waals surface area contributed by atoms with Crippen molar-refractivity contribution in [1.29, 1.82) is 0 Å². The van der Waals surface area contributed by atoms with E-state index in [1.807, 2.05) is 19.1 Å². The predicted octanol–water partition coefficient (Wildman–Crippen LogP) is 6.80. The van der Waals surface area contributed by atoms with Crippen LogP contribution in [0.3, 0.4) is 0 Å². The molecule has 3 aliphatic heterocycles. The molecule has 3 aliphatic rings. The highest BCUT2D eigenvalue weighted by Crippen LogP contribution is 2.44. The highest BCUT2D eigenvalue weighted by molar-refractivity contribution is 5.99. The third-order valence-electron chi connectivity index (χ3n) is 8.83. The van der Waals surface area contributed by atoms with E-state index in [1.54, 1.807) is 19.1 Å². The Bertz CT molecular complexity index is 1290. The first-order valence-electron chi connectivity index (χ1n) is 15.7. The zero-order valence-corrected chi connectivity index (χ0v) is 26.8. The number of benzene rings is 1. The lowest BCUT2D eigenvalue weighted by Crippen LogP contribution is -2.57. The molecule has 4 rings (SSSR count). The van der Waals surface area contributed by atoms with E-state index >= 15 is 0 Å². The van der Waals surface area contributed by atoms with E-state index in [1.165, 1.54) is 5.57 Å². The molecule has 1 aromatic carbocycles. The van der Waals surface area contributed by atoms with Gasteiger partial charge in [-0.3, -0.25) is 0 Å². The number of carbonyl (C=O) groups excluding carboxylic acids is 1. The summed E-state index contributed by atoms with van der Waals surface area (Å²) in [5, 5.41) is 31.9. The fourth-order valence-corrected chi connectivity index (χ4v) is 6.64. The number of aliphatic hydroxyl groups excluding tert-OH is 2. The van der Waals surface area contributed by atoms with Crippen LogP contribution in [0.2, 0.25) is 0 Å². The summed E-state index contributed by atoms with van der Waals surface area (Å²) in [5.74, 6) is -0.597. The highest BCUT2D eigenvalue weighted by atomic mass is 16.7. The molecule has 3 heterocycles. The lowest BCUT2D eigenvalue weighted by atomic mass is 9.81. The van der Waals surface area contributed by atoms with Crippen LogP contribution >= 0.6 is 0 Å². The van der Waals surface area contributed by atoms with Gasteiger partial charge in [0.05, 0.1) is 30.0 Å². The van der Waals surface area contributed by atoms with Gasteiger partial charge in [-0.15, -0.1) is 0 Å². The first kappa shape index (κ1) is 33.2. The molecule has 0 saturated carbocycles. The standard InChI is InChI=1S/C36H50O7/c1-21(2)13-25(6)34-26(7)33(39)19-36(43-34)18-28(37)16-29(42-36)12-11-23(4)14-22(3)9-8-10-27-20-41-35(40)31-15-24(5)32(38)17-30(27)31/h8-11,13,15,17,21-22,26,28-29,33-34,37-39H,12,14,16,18-20H2,1-7H3/b9-8+,23-11+,25-13+,27-10-/t22-,26-,28-,29+,33-,34+,36-/m0/s1. The van der Waals surface area contributed by atoms with Crippen LogP contribution in [0.1, 0.15) is 95.1 Å². The average molecular weight is 595 g/mol. The summed E-state index contributed by atoms with van der Waals surface area (Å²) in [5.41, 5.74) is 5.00. The Morgan fingerprint density at radius 1 is 1.12 bits per heavy atom. The van der Waals surface area contributed by atoms with Crippen molar-refractivity contribution in [3.05, 3.63) is 70.3 Å². The molecule has 0 unspecified atom stereocenters. The van der Waals surface area contributed by atoms with Gasteiger partial charge in [-0.25, -0.2) is 4.79 Å². The number of rotatable bonds is 8. The van der Waals surface area contributed by atoms with Gasteiger partial charge in [-0.1, -0.05) is 63.6 Å². The summed E-state index contributed by atoms with van der Waals surface area (Å²) in [6.45, 7) is 14.5. The van der Waals surface area contributed by atoms with Gasteiger partial charge in [0.15, 0.2) is 5.79 Å². The number of aryl methyl sites for hydroxylation is 1. The van der Waals surface area contributed by atoms with Crippen LogP contribution in [0.15, 0.2) is 53.7 Å². The lowest BCUT2D eigenvalue weighted by molar-refractivity contribution is -0.342. The van der Waals surface area contributed by atoms with Gasteiger partial charge >= 0.3 is 5.97 Å². The Kier molecular flexibility index (Phi) is 10.8. The second-order valence-electron chi connectivity index (χ2n) is 13.4. The molecule has 0 radical (unpaired) electrons. The number of phenolic OH excluding ortho intramolecular Hbond substituents is 1. The van der Waals surface area contributed by atoms with E-state index < -0.39 is 18.0 Å². The van der Waals surface area contributed by atoms with Gasteiger partial charge in [0.1, 0.15) is 12.4 Å². The molecule has 0 aliphatic carbocycles. The van der Waals surface area contributed by atoms with Gasteiger partial charge in [-0.05, 0) is 79.9 Å². The van der Waals surface area contributed by atoms with E-state index in [9.17, 15) is 20.1 Å². The van der Waals surface area contributed by atoms with Crippen LogP contribution in [-0.4, -0.2) is 58.1 Å². The van der Waals surface area contributed by atoms with E-state index in [4.69, 9.17) is 14.2 Å². The van der Waals surface area contributed by atoms with Crippen molar-refractivity contribution in [1.82, 2.24) is 0 Å². The largest absolute Gasteiger partial charge is 0.508 e. The number of phenols is 1. The molecule has 0 aromatic heterocycles. The minimum atomic E-state index is -0.988. The molecule has 236 valence electrons. The van der Waals surface area contributed by atoms with Crippen LogP contribution in [0.5, 0.6) is 5.75 Å². The maximum Gasteiger partial charge on any atom is 0.339 e. The van der Waals surface area contributed by atoms with E-state index in [0.29, 0.717) is 48.3 Å². The van der Waals surface area contributed by atoms with Crippen LogP contribution < -0.4 is 0 Å². The Labute approximate surface area is 256 Å². The van der Waals surface area contributed by atoms with Gasteiger partial charge in [-0.2, -0.15) is 0 Å². The minimum absolute atomic E-state index is 0.0479. The minimum Gasteiger partial charge on any atom is -0.508 e. The van der Waals surface area contributed by atoms with Crippen molar-refractivity contribution in [2.75, 3.05) is 6.61 Å². The molecule has 1 aromatic rings. The third kappa shape index (κ3) is 8.27. The Balaban J connectivity index is 1.37. The molecule has 43 heavy (non-hydrogen) atoms. The smallest absolute Gasteiger partial charge is 0.339 e. The second kappa shape index (κ2) is 13.9. The number of fused-ring (bicyclic) bond motifs is 1. The Morgan fingerprint density at radius 3 is 2.58 bits per heavy atom. The molecule has 0 bridgehead atoms. The van der Waals surface area contributed by atoms with Gasteiger partial charge in [0.25, 0.3) is 0 Å². The monoisotopic (exact) mass is 594 g/mol. The van der Waals surface area contributed by atoms with Crippen molar-refractivity contribution < 1.29 is 34.3 Å². The number of carbonyl (C=O) groups is 1. The number of cyclic esters (lactones) is 1. The number of hydrogen-bond acceptors (Lipinski definition) is 7.